The van der Waals surface area contributed by atoms with Gasteiger partial charge in [0.15, 0.2) is 0 Å². The SMILES string of the molecule is CNc1ncccc1C(=O)NCc1cc2n(n1)CCN(C(=O)C1CCC1)C2. The maximum absolute atomic E-state index is 12.5. The maximum atomic E-state index is 12.5. The van der Waals surface area contributed by atoms with Crippen LogP contribution in [0.15, 0.2) is 24.4 Å². The van der Waals surface area contributed by atoms with Gasteiger partial charge in [-0.2, -0.15) is 5.10 Å². The first-order valence-electron chi connectivity index (χ1n) is 9.41. The number of nitrogens with zero attached hydrogens (tertiary/aromatic N) is 4. The Bertz CT molecular complexity index is 858. The molecule has 2 aromatic heterocycles. The van der Waals surface area contributed by atoms with Gasteiger partial charge in [0.2, 0.25) is 5.91 Å². The number of carbonyl (C=O) groups excluding carboxylic acids is 2. The second-order valence-corrected chi connectivity index (χ2v) is 7.07. The van der Waals surface area contributed by atoms with Gasteiger partial charge in [0.05, 0.1) is 36.6 Å². The number of amides is 2. The molecule has 2 amide bonds. The number of anilines is 1. The van der Waals surface area contributed by atoms with Crippen LogP contribution in [-0.2, 0) is 24.4 Å². The summed E-state index contributed by atoms with van der Waals surface area (Å²) in [6.07, 6.45) is 4.85. The van der Waals surface area contributed by atoms with Crippen molar-refractivity contribution in [1.29, 1.82) is 0 Å². The highest BCUT2D eigenvalue weighted by Crippen LogP contribution is 2.29. The van der Waals surface area contributed by atoms with E-state index in [-0.39, 0.29) is 17.7 Å². The van der Waals surface area contributed by atoms with Gasteiger partial charge >= 0.3 is 0 Å². The summed E-state index contributed by atoms with van der Waals surface area (Å²) in [5.74, 6) is 0.850. The van der Waals surface area contributed by atoms with Crippen molar-refractivity contribution in [3.63, 3.8) is 0 Å². The molecule has 0 spiro atoms. The highest BCUT2D eigenvalue weighted by molar-refractivity contribution is 5.98. The largest absolute Gasteiger partial charge is 0.372 e. The zero-order chi connectivity index (χ0) is 18.8. The molecule has 27 heavy (non-hydrogen) atoms. The summed E-state index contributed by atoms with van der Waals surface area (Å²) < 4.78 is 1.94. The van der Waals surface area contributed by atoms with Crippen molar-refractivity contribution in [1.82, 2.24) is 25.0 Å². The van der Waals surface area contributed by atoms with Crippen LogP contribution < -0.4 is 10.6 Å². The summed E-state index contributed by atoms with van der Waals surface area (Å²) in [5, 5.41) is 10.4. The fraction of sp³-hybridized carbons (Fsp3) is 0.474. The average molecular weight is 368 g/mol. The number of carbonyl (C=O) groups is 2. The van der Waals surface area contributed by atoms with E-state index in [0.717, 1.165) is 30.7 Å². The van der Waals surface area contributed by atoms with Crippen LogP contribution in [0.25, 0.3) is 0 Å². The molecule has 2 aliphatic rings. The first kappa shape index (κ1) is 17.5. The number of aromatic nitrogens is 3. The molecule has 0 unspecified atom stereocenters. The molecule has 2 N–H and O–H groups in total. The van der Waals surface area contributed by atoms with Crippen LogP contribution in [0.4, 0.5) is 5.82 Å². The van der Waals surface area contributed by atoms with Crippen molar-refractivity contribution in [2.45, 2.75) is 38.9 Å². The van der Waals surface area contributed by atoms with Crippen LogP contribution in [0, 0.1) is 5.92 Å². The third kappa shape index (κ3) is 3.51. The standard InChI is InChI=1S/C19H24N6O2/c1-20-17-16(6-3-7-21-17)18(26)22-11-14-10-15-12-24(8-9-25(15)23-14)19(27)13-4-2-5-13/h3,6-7,10,13H,2,4-5,8-9,11-12H2,1H3,(H,20,21)(H,22,26). The van der Waals surface area contributed by atoms with Gasteiger partial charge in [-0.15, -0.1) is 0 Å². The molecule has 1 aliphatic carbocycles. The van der Waals surface area contributed by atoms with Gasteiger partial charge in [0, 0.05) is 25.7 Å². The van der Waals surface area contributed by atoms with Gasteiger partial charge in [-0.05, 0) is 31.0 Å². The molecule has 0 bridgehead atoms. The van der Waals surface area contributed by atoms with E-state index in [2.05, 4.69) is 20.7 Å². The molecule has 3 heterocycles. The molecule has 1 aliphatic heterocycles. The molecule has 0 atom stereocenters. The van der Waals surface area contributed by atoms with Crippen molar-refractivity contribution >= 4 is 17.6 Å². The van der Waals surface area contributed by atoms with Crippen LogP contribution >= 0.6 is 0 Å². The predicted octanol–water partition coefficient (Wildman–Crippen LogP) is 1.39. The minimum atomic E-state index is -0.194. The molecule has 0 saturated heterocycles. The molecule has 4 rings (SSSR count). The number of rotatable bonds is 5. The highest BCUT2D eigenvalue weighted by Gasteiger charge is 2.31. The zero-order valence-electron chi connectivity index (χ0n) is 15.4. The second-order valence-electron chi connectivity index (χ2n) is 7.07. The number of hydrogen-bond acceptors (Lipinski definition) is 5. The van der Waals surface area contributed by atoms with Crippen molar-refractivity contribution < 1.29 is 9.59 Å². The van der Waals surface area contributed by atoms with Crippen molar-refractivity contribution in [2.24, 2.45) is 5.92 Å². The van der Waals surface area contributed by atoms with Gasteiger partial charge in [0.25, 0.3) is 5.91 Å². The second kappa shape index (κ2) is 7.38. The summed E-state index contributed by atoms with van der Waals surface area (Å²) in [4.78, 5) is 31.0. The van der Waals surface area contributed by atoms with Crippen molar-refractivity contribution in [3.8, 4) is 0 Å². The molecule has 2 aromatic rings. The maximum Gasteiger partial charge on any atom is 0.255 e. The molecule has 8 heteroatoms. The summed E-state index contributed by atoms with van der Waals surface area (Å²) in [6.45, 7) is 2.35. The third-order valence-corrected chi connectivity index (χ3v) is 5.33. The molecule has 1 saturated carbocycles. The molecular formula is C19H24N6O2. The lowest BCUT2D eigenvalue weighted by Crippen LogP contribution is -2.43. The van der Waals surface area contributed by atoms with Crippen LogP contribution in [-0.4, -0.2) is 45.1 Å². The van der Waals surface area contributed by atoms with E-state index < -0.39 is 0 Å². The van der Waals surface area contributed by atoms with Gasteiger partial charge in [0.1, 0.15) is 5.82 Å². The van der Waals surface area contributed by atoms with Crippen LogP contribution in [0.5, 0.6) is 0 Å². The Morgan fingerprint density at radius 2 is 2.15 bits per heavy atom. The Labute approximate surface area is 158 Å². The Hall–Kier alpha value is -2.90. The monoisotopic (exact) mass is 368 g/mol. The van der Waals surface area contributed by atoms with E-state index in [4.69, 9.17) is 0 Å². The number of pyridine rings is 1. The van der Waals surface area contributed by atoms with Crippen LogP contribution in [0.1, 0.15) is 41.0 Å². The van der Waals surface area contributed by atoms with E-state index in [9.17, 15) is 9.59 Å². The van der Waals surface area contributed by atoms with Gasteiger partial charge in [-0.1, -0.05) is 6.42 Å². The third-order valence-electron chi connectivity index (χ3n) is 5.33. The number of hydrogen-bond donors (Lipinski definition) is 2. The molecule has 0 radical (unpaired) electrons. The van der Waals surface area contributed by atoms with E-state index in [0.29, 0.717) is 37.6 Å². The normalized spacial score (nSPS) is 16.4. The number of fused-ring (bicyclic) bond motifs is 1. The Kier molecular flexibility index (Phi) is 4.79. The smallest absolute Gasteiger partial charge is 0.255 e. The van der Waals surface area contributed by atoms with Gasteiger partial charge < -0.3 is 15.5 Å². The van der Waals surface area contributed by atoms with Crippen LogP contribution in [0.3, 0.4) is 0 Å². The summed E-state index contributed by atoms with van der Waals surface area (Å²) in [5.41, 5.74) is 2.32. The molecule has 0 aromatic carbocycles. The Morgan fingerprint density at radius 1 is 1.30 bits per heavy atom. The lowest BCUT2D eigenvalue weighted by Gasteiger charge is -2.34. The van der Waals surface area contributed by atoms with Gasteiger partial charge in [-0.25, -0.2) is 4.98 Å². The number of nitrogens with one attached hydrogen (secondary N) is 2. The fourth-order valence-corrected chi connectivity index (χ4v) is 3.57. The molecule has 142 valence electrons. The van der Waals surface area contributed by atoms with Crippen molar-refractivity contribution in [3.05, 3.63) is 41.3 Å². The topological polar surface area (TPSA) is 92.2 Å². The summed E-state index contributed by atoms with van der Waals surface area (Å²) >= 11 is 0. The first-order valence-corrected chi connectivity index (χ1v) is 9.41. The average Bonchev–Trinajstić information content (AvgIpc) is 3.06. The first-order chi connectivity index (χ1) is 13.2. The Morgan fingerprint density at radius 3 is 2.89 bits per heavy atom. The highest BCUT2D eigenvalue weighted by atomic mass is 16.2. The minimum Gasteiger partial charge on any atom is -0.372 e. The molecular weight excluding hydrogens is 344 g/mol. The van der Waals surface area contributed by atoms with Crippen molar-refractivity contribution in [2.75, 3.05) is 18.9 Å². The molecule has 8 nitrogen and oxygen atoms in total. The van der Waals surface area contributed by atoms with E-state index in [1.165, 1.54) is 0 Å². The van der Waals surface area contributed by atoms with Crippen LogP contribution in [0.2, 0.25) is 0 Å². The Balaban J connectivity index is 1.38. The minimum absolute atomic E-state index is 0.194. The summed E-state index contributed by atoms with van der Waals surface area (Å²) in [7, 11) is 1.74. The quantitative estimate of drug-likeness (QED) is 0.832. The predicted molar refractivity (Wildman–Crippen MR) is 99.9 cm³/mol. The lowest BCUT2D eigenvalue weighted by atomic mass is 9.84. The fourth-order valence-electron chi connectivity index (χ4n) is 3.57. The van der Waals surface area contributed by atoms with E-state index >= 15 is 0 Å². The molecule has 1 fully saturated rings. The van der Waals surface area contributed by atoms with Gasteiger partial charge in [-0.3, -0.25) is 14.3 Å². The zero-order valence-corrected chi connectivity index (χ0v) is 15.4. The van der Waals surface area contributed by atoms with E-state index in [1.807, 2.05) is 15.6 Å². The van der Waals surface area contributed by atoms with E-state index in [1.54, 1.807) is 25.4 Å². The summed E-state index contributed by atoms with van der Waals surface area (Å²) in [6, 6.07) is 5.44. The lowest BCUT2D eigenvalue weighted by molar-refractivity contribution is -0.139.